The van der Waals surface area contributed by atoms with Gasteiger partial charge >= 0.3 is 0 Å². The van der Waals surface area contributed by atoms with Crippen molar-refractivity contribution in [1.82, 2.24) is 14.9 Å². The van der Waals surface area contributed by atoms with E-state index in [2.05, 4.69) is 28.7 Å². The molecule has 0 amide bonds. The summed E-state index contributed by atoms with van der Waals surface area (Å²) >= 11 is 0. The molecule has 0 saturated carbocycles. The van der Waals surface area contributed by atoms with Crippen molar-refractivity contribution >= 4 is 11.0 Å². The van der Waals surface area contributed by atoms with Gasteiger partial charge in [0.25, 0.3) is 0 Å². The zero-order valence-corrected chi connectivity index (χ0v) is 12.3. The zero-order chi connectivity index (χ0) is 14.4. The summed E-state index contributed by atoms with van der Waals surface area (Å²) in [5, 5.41) is 10.4. The number of aliphatic hydroxyl groups excluding tert-OH is 1. The van der Waals surface area contributed by atoms with Crippen molar-refractivity contribution in [3.8, 4) is 0 Å². The van der Waals surface area contributed by atoms with Crippen molar-refractivity contribution in [1.29, 1.82) is 0 Å². The third kappa shape index (κ3) is 3.74. The second-order valence-corrected chi connectivity index (χ2v) is 5.10. The number of aromatic nitrogens is 2. The molecule has 1 N–H and O–H groups in total. The third-order valence-corrected chi connectivity index (χ3v) is 3.32. The van der Waals surface area contributed by atoms with Crippen molar-refractivity contribution in [2.75, 3.05) is 19.6 Å². The molecule has 1 heterocycles. The summed E-state index contributed by atoms with van der Waals surface area (Å²) in [7, 11) is 0. The maximum atomic E-state index is 10.4. The molecule has 1 unspecified atom stereocenters. The van der Waals surface area contributed by atoms with Crippen molar-refractivity contribution in [3.05, 3.63) is 36.2 Å². The van der Waals surface area contributed by atoms with Crippen LogP contribution in [0.15, 0.2) is 30.5 Å². The van der Waals surface area contributed by atoms with Crippen LogP contribution < -0.4 is 0 Å². The van der Waals surface area contributed by atoms with E-state index < -0.39 is 6.10 Å². The monoisotopic (exact) mass is 273 g/mol. The molecule has 0 aliphatic heterocycles. The summed E-state index contributed by atoms with van der Waals surface area (Å²) < 4.78 is 0. The number of aliphatic hydroxyl groups is 1. The SMILES string of the molecule is CCCN(CCC)CC(O)c1cnc2ccccc2n1. The Morgan fingerprint density at radius 3 is 2.40 bits per heavy atom. The first kappa shape index (κ1) is 14.9. The Hall–Kier alpha value is -1.52. The van der Waals surface area contributed by atoms with Gasteiger partial charge in [-0.25, -0.2) is 4.98 Å². The van der Waals surface area contributed by atoms with Crippen LogP contribution >= 0.6 is 0 Å². The number of hydrogen-bond donors (Lipinski definition) is 1. The summed E-state index contributed by atoms with van der Waals surface area (Å²) in [5.41, 5.74) is 2.35. The molecule has 0 bridgehead atoms. The average Bonchev–Trinajstić information content (AvgIpc) is 2.47. The van der Waals surface area contributed by atoms with Gasteiger partial charge in [-0.2, -0.15) is 0 Å². The molecule has 1 aromatic carbocycles. The smallest absolute Gasteiger partial charge is 0.110 e. The maximum Gasteiger partial charge on any atom is 0.110 e. The van der Waals surface area contributed by atoms with E-state index in [0.29, 0.717) is 12.2 Å². The van der Waals surface area contributed by atoms with Gasteiger partial charge in [0.2, 0.25) is 0 Å². The van der Waals surface area contributed by atoms with E-state index in [0.717, 1.165) is 37.0 Å². The average molecular weight is 273 g/mol. The largest absolute Gasteiger partial charge is 0.385 e. The number of hydrogen-bond acceptors (Lipinski definition) is 4. The molecule has 1 aromatic heterocycles. The lowest BCUT2D eigenvalue weighted by molar-refractivity contribution is 0.109. The first-order chi connectivity index (χ1) is 9.74. The highest BCUT2D eigenvalue weighted by Crippen LogP contribution is 2.15. The van der Waals surface area contributed by atoms with Crippen LogP contribution in [-0.2, 0) is 0 Å². The quantitative estimate of drug-likeness (QED) is 0.842. The minimum Gasteiger partial charge on any atom is -0.385 e. The standard InChI is InChI=1S/C16H23N3O/c1-3-9-19(10-4-2)12-16(20)15-11-17-13-7-5-6-8-14(13)18-15/h5-8,11,16,20H,3-4,9-10,12H2,1-2H3. The van der Waals surface area contributed by atoms with E-state index in [1.807, 2.05) is 24.3 Å². The Morgan fingerprint density at radius 2 is 1.75 bits per heavy atom. The van der Waals surface area contributed by atoms with Crippen molar-refractivity contribution < 1.29 is 5.11 Å². The van der Waals surface area contributed by atoms with E-state index in [1.54, 1.807) is 6.20 Å². The van der Waals surface area contributed by atoms with Gasteiger partial charge < -0.3 is 10.0 Å². The van der Waals surface area contributed by atoms with Crippen LogP contribution in [0.2, 0.25) is 0 Å². The fourth-order valence-electron chi connectivity index (χ4n) is 2.40. The van der Waals surface area contributed by atoms with Crippen molar-refractivity contribution in [2.45, 2.75) is 32.8 Å². The molecule has 4 nitrogen and oxygen atoms in total. The summed E-state index contributed by atoms with van der Waals surface area (Å²) in [6.45, 7) is 6.95. The van der Waals surface area contributed by atoms with Crippen LogP contribution in [0.4, 0.5) is 0 Å². The molecule has 0 aliphatic carbocycles. The first-order valence-corrected chi connectivity index (χ1v) is 7.36. The van der Waals surface area contributed by atoms with Crippen LogP contribution in [0.3, 0.4) is 0 Å². The lowest BCUT2D eigenvalue weighted by atomic mass is 10.2. The van der Waals surface area contributed by atoms with Crippen LogP contribution in [0.5, 0.6) is 0 Å². The number of para-hydroxylation sites is 2. The highest BCUT2D eigenvalue weighted by Gasteiger charge is 2.14. The fourth-order valence-corrected chi connectivity index (χ4v) is 2.40. The molecule has 20 heavy (non-hydrogen) atoms. The lowest BCUT2D eigenvalue weighted by Gasteiger charge is -2.23. The maximum absolute atomic E-state index is 10.4. The first-order valence-electron chi connectivity index (χ1n) is 7.36. The van der Waals surface area contributed by atoms with Crippen molar-refractivity contribution in [3.63, 3.8) is 0 Å². The summed E-state index contributed by atoms with van der Waals surface area (Å²) in [4.78, 5) is 11.1. The zero-order valence-electron chi connectivity index (χ0n) is 12.3. The van der Waals surface area contributed by atoms with Gasteiger partial charge in [-0.3, -0.25) is 4.98 Å². The molecule has 108 valence electrons. The Morgan fingerprint density at radius 1 is 1.10 bits per heavy atom. The Bertz CT molecular complexity index is 538. The predicted octanol–water partition coefficient (Wildman–Crippen LogP) is 2.79. The highest BCUT2D eigenvalue weighted by molar-refractivity contribution is 5.73. The molecule has 0 aliphatic rings. The van der Waals surface area contributed by atoms with Crippen LogP contribution in [0, 0.1) is 0 Å². The molecule has 4 heteroatoms. The number of nitrogens with zero attached hydrogens (tertiary/aromatic N) is 3. The summed E-state index contributed by atoms with van der Waals surface area (Å²) in [6, 6.07) is 7.73. The third-order valence-electron chi connectivity index (χ3n) is 3.32. The van der Waals surface area contributed by atoms with Gasteiger partial charge in [0, 0.05) is 6.54 Å². The molecule has 2 aromatic rings. The molecule has 0 radical (unpaired) electrons. The van der Waals surface area contributed by atoms with E-state index in [1.165, 1.54) is 0 Å². The van der Waals surface area contributed by atoms with Crippen LogP contribution in [0.1, 0.15) is 38.5 Å². The second-order valence-electron chi connectivity index (χ2n) is 5.10. The number of fused-ring (bicyclic) bond motifs is 1. The lowest BCUT2D eigenvalue weighted by Crippen LogP contribution is -2.30. The number of rotatable bonds is 7. The second kappa shape index (κ2) is 7.31. The number of benzene rings is 1. The Kier molecular flexibility index (Phi) is 5.44. The van der Waals surface area contributed by atoms with E-state index in [4.69, 9.17) is 0 Å². The van der Waals surface area contributed by atoms with Gasteiger partial charge in [0.1, 0.15) is 6.10 Å². The van der Waals surface area contributed by atoms with Crippen LogP contribution in [-0.4, -0.2) is 39.6 Å². The molecular formula is C16H23N3O. The molecule has 0 spiro atoms. The van der Waals surface area contributed by atoms with Gasteiger partial charge in [-0.15, -0.1) is 0 Å². The molecule has 1 atom stereocenters. The minimum atomic E-state index is -0.579. The van der Waals surface area contributed by atoms with Crippen LogP contribution in [0.25, 0.3) is 11.0 Å². The van der Waals surface area contributed by atoms with Crippen molar-refractivity contribution in [2.24, 2.45) is 0 Å². The molecule has 0 saturated heterocycles. The summed E-state index contributed by atoms with van der Waals surface area (Å²) in [6.07, 6.45) is 3.29. The minimum absolute atomic E-state index is 0.579. The molecule has 2 rings (SSSR count). The normalized spacial score (nSPS) is 13.0. The van der Waals surface area contributed by atoms with Gasteiger partial charge in [-0.1, -0.05) is 26.0 Å². The van der Waals surface area contributed by atoms with E-state index in [-0.39, 0.29) is 0 Å². The highest BCUT2D eigenvalue weighted by atomic mass is 16.3. The Balaban J connectivity index is 2.11. The Labute approximate surface area is 120 Å². The fraction of sp³-hybridized carbons (Fsp3) is 0.500. The molecular weight excluding hydrogens is 250 g/mol. The van der Waals surface area contributed by atoms with Gasteiger partial charge in [-0.05, 0) is 38.1 Å². The van der Waals surface area contributed by atoms with Gasteiger partial charge in [0.05, 0.1) is 22.9 Å². The summed E-state index contributed by atoms with van der Waals surface area (Å²) in [5.74, 6) is 0. The predicted molar refractivity (Wildman–Crippen MR) is 81.5 cm³/mol. The van der Waals surface area contributed by atoms with E-state index in [9.17, 15) is 5.11 Å². The topological polar surface area (TPSA) is 49.2 Å². The molecule has 0 fully saturated rings. The van der Waals surface area contributed by atoms with Gasteiger partial charge in [0.15, 0.2) is 0 Å². The van der Waals surface area contributed by atoms with E-state index >= 15 is 0 Å².